The number of nitrogens with one attached hydrogen (secondary N) is 1. The Labute approximate surface area is 290 Å². The van der Waals surface area contributed by atoms with Gasteiger partial charge in [0.05, 0.1) is 15.8 Å². The third-order valence-corrected chi connectivity index (χ3v) is 13.6. The first-order chi connectivity index (χ1) is 22.5. The number of anilines is 1. The third kappa shape index (κ3) is 7.27. The molecule has 5 nitrogen and oxygen atoms in total. The molecule has 1 heterocycles. The normalized spacial score (nSPS) is 14.1. The van der Waals surface area contributed by atoms with E-state index in [4.69, 9.17) is 16.3 Å². The Bertz CT molecular complexity index is 1870. The van der Waals surface area contributed by atoms with Crippen molar-refractivity contribution in [3.8, 4) is 5.75 Å². The zero-order valence-corrected chi connectivity index (χ0v) is 28.7. The molecule has 0 aliphatic heterocycles. The molecule has 4 aromatic carbocycles. The number of ether oxygens (including phenoxy) is 1. The predicted octanol–water partition coefficient (Wildman–Crippen LogP) is 5.35. The highest BCUT2D eigenvalue weighted by Gasteiger charge is 2.57. The summed E-state index contributed by atoms with van der Waals surface area (Å²) in [5.74, 6) is 0.699. The molecule has 0 radical (unpaired) electrons. The van der Waals surface area contributed by atoms with Crippen molar-refractivity contribution in [2.24, 2.45) is 0 Å². The molecule has 238 valence electrons. The lowest BCUT2D eigenvalue weighted by Gasteiger charge is -2.32. The summed E-state index contributed by atoms with van der Waals surface area (Å²) in [6, 6.07) is 33.5. The van der Waals surface area contributed by atoms with E-state index in [0.29, 0.717) is 35.2 Å². The standard InChI is InChI=1S/C38H32ClN2O3PS.ClH/c1-27-13-8-10-20-34(27)45(30-15-4-2-5-16-30,31-17-6-3-7-18-31)37(43)29-22-23-33(28(25-29)14-12-24-39)44-26-36(42)41-38-40-32-19-9-11-21-35(32)46-38;/h2-11,13,15-23,25,34H,1,12,14,24,26H2;1H. The molecule has 0 spiro atoms. The van der Waals surface area contributed by atoms with Gasteiger partial charge in [0.15, 0.2) is 19.0 Å². The first-order valence-corrected chi connectivity index (χ1v) is 18.3. The smallest absolute Gasteiger partial charge is 0.309 e. The van der Waals surface area contributed by atoms with Crippen LogP contribution in [-0.2, 0) is 11.2 Å². The van der Waals surface area contributed by atoms with E-state index in [1.807, 2.05) is 91.0 Å². The number of alkyl halides is 1. The Kier molecular flexibility index (Phi) is 11.4. The number of aryl methyl sites for hydroxylation is 1. The highest BCUT2D eigenvalue weighted by Crippen LogP contribution is 2.65. The molecule has 1 N–H and O–H groups in total. The Morgan fingerprint density at radius 1 is 0.915 bits per heavy atom. The number of allylic oxidation sites excluding steroid dienone is 5. The molecule has 1 unspecified atom stereocenters. The predicted molar refractivity (Wildman–Crippen MR) is 194 cm³/mol. The number of thiazole rings is 1. The van der Waals surface area contributed by atoms with Crippen LogP contribution in [0.25, 0.3) is 10.2 Å². The van der Waals surface area contributed by atoms with Gasteiger partial charge in [0.2, 0.25) is 0 Å². The molecule has 9 heteroatoms. The van der Waals surface area contributed by atoms with Crippen molar-refractivity contribution in [3.05, 3.63) is 151 Å². The number of carbonyl (C=O) groups excluding carboxylic acids is 2. The number of nitrogens with zero attached hydrogens (tertiary/aromatic N) is 1. The van der Waals surface area contributed by atoms with Crippen molar-refractivity contribution >= 4 is 67.6 Å². The van der Waals surface area contributed by atoms with E-state index in [1.54, 1.807) is 6.07 Å². The van der Waals surface area contributed by atoms with Gasteiger partial charge in [0, 0.05) is 5.88 Å². The second-order valence-electron chi connectivity index (χ2n) is 10.9. The van der Waals surface area contributed by atoms with Crippen molar-refractivity contribution in [2.45, 2.75) is 18.5 Å². The molecular weight excluding hydrogens is 666 g/mol. The number of rotatable bonds is 12. The first-order valence-electron chi connectivity index (χ1n) is 15.1. The van der Waals surface area contributed by atoms with Crippen LogP contribution < -0.4 is 33.1 Å². The van der Waals surface area contributed by atoms with Gasteiger partial charge in [-0.05, 0) is 84.7 Å². The largest absolute Gasteiger partial charge is 1.00 e. The number of fused-ring (bicyclic) bond motifs is 1. The van der Waals surface area contributed by atoms with Gasteiger partial charge in [0.1, 0.15) is 22.0 Å². The van der Waals surface area contributed by atoms with Gasteiger partial charge in [-0.2, -0.15) is 0 Å². The number of aromatic nitrogens is 1. The molecule has 0 fully saturated rings. The van der Waals surface area contributed by atoms with Gasteiger partial charge in [-0.15, -0.1) is 11.6 Å². The lowest BCUT2D eigenvalue weighted by Crippen LogP contribution is -3.00. The van der Waals surface area contributed by atoms with E-state index >= 15 is 4.79 Å². The molecule has 1 aliphatic carbocycles. The fraction of sp³-hybridized carbons (Fsp3) is 0.132. The molecule has 0 saturated heterocycles. The lowest BCUT2D eigenvalue weighted by molar-refractivity contribution is -0.118. The molecule has 6 rings (SSSR count). The Morgan fingerprint density at radius 3 is 2.26 bits per heavy atom. The van der Waals surface area contributed by atoms with Crippen LogP contribution in [0.4, 0.5) is 5.13 Å². The molecule has 1 atom stereocenters. The van der Waals surface area contributed by atoms with Crippen LogP contribution in [-0.4, -0.2) is 34.6 Å². The molecule has 0 bridgehead atoms. The number of carbonyl (C=O) groups is 2. The van der Waals surface area contributed by atoms with Gasteiger partial charge in [-0.25, -0.2) is 9.78 Å². The van der Waals surface area contributed by atoms with Crippen molar-refractivity contribution < 1.29 is 26.7 Å². The van der Waals surface area contributed by atoms with Gasteiger partial charge < -0.3 is 17.1 Å². The monoisotopic (exact) mass is 698 g/mol. The van der Waals surface area contributed by atoms with E-state index in [-0.39, 0.29) is 36.1 Å². The van der Waals surface area contributed by atoms with Crippen LogP contribution in [0.1, 0.15) is 22.3 Å². The minimum Gasteiger partial charge on any atom is -1.00 e. The third-order valence-electron chi connectivity index (χ3n) is 7.95. The molecule has 1 aliphatic rings. The number of para-hydroxylation sites is 1. The second kappa shape index (κ2) is 15.7. The van der Waals surface area contributed by atoms with Crippen molar-refractivity contribution in [1.82, 2.24) is 4.98 Å². The molecule has 1 amide bonds. The number of hydrogen-bond acceptors (Lipinski definition) is 5. The van der Waals surface area contributed by atoms with Crippen LogP contribution in [0.15, 0.2) is 140 Å². The summed E-state index contributed by atoms with van der Waals surface area (Å²) in [5.41, 5.74) is 3.01. The van der Waals surface area contributed by atoms with E-state index in [0.717, 1.165) is 32.0 Å². The zero-order chi connectivity index (χ0) is 31.9. The van der Waals surface area contributed by atoms with E-state index in [1.165, 1.54) is 11.3 Å². The average molecular weight is 700 g/mol. The van der Waals surface area contributed by atoms with Crippen molar-refractivity contribution in [3.63, 3.8) is 0 Å². The number of benzene rings is 4. The molecule has 1 aromatic heterocycles. The van der Waals surface area contributed by atoms with Crippen molar-refractivity contribution in [2.75, 3.05) is 17.8 Å². The van der Waals surface area contributed by atoms with Gasteiger partial charge in [-0.1, -0.05) is 84.7 Å². The Balaban J connectivity index is 0.00000433. The van der Waals surface area contributed by atoms with Crippen LogP contribution in [0.5, 0.6) is 5.75 Å². The molecule has 5 aromatic rings. The summed E-state index contributed by atoms with van der Waals surface area (Å²) in [6.45, 7) is 4.21. The van der Waals surface area contributed by atoms with E-state index in [2.05, 4.69) is 47.2 Å². The maximum atomic E-state index is 15.2. The summed E-state index contributed by atoms with van der Waals surface area (Å²) in [6.07, 6.45) is 9.38. The number of hydrogen-bond donors (Lipinski definition) is 1. The quantitative estimate of drug-likeness (QED) is 0.141. The van der Waals surface area contributed by atoms with Gasteiger partial charge in [0.25, 0.3) is 5.91 Å². The van der Waals surface area contributed by atoms with Crippen molar-refractivity contribution in [1.29, 1.82) is 0 Å². The maximum Gasteiger partial charge on any atom is 0.309 e. The molecule has 0 saturated carbocycles. The fourth-order valence-corrected chi connectivity index (χ4v) is 11.3. The first kappa shape index (κ1) is 34.3. The van der Waals surface area contributed by atoms with Gasteiger partial charge in [-0.3, -0.25) is 10.1 Å². The van der Waals surface area contributed by atoms with Crippen LogP contribution in [0.3, 0.4) is 0 Å². The molecular formula is C38H33Cl2N2O3PS. The Morgan fingerprint density at radius 2 is 1.60 bits per heavy atom. The summed E-state index contributed by atoms with van der Waals surface area (Å²) in [5, 5.41) is 5.35. The highest BCUT2D eigenvalue weighted by molar-refractivity contribution is 8.04. The topological polar surface area (TPSA) is 68.3 Å². The van der Waals surface area contributed by atoms with Gasteiger partial charge >= 0.3 is 5.52 Å². The summed E-state index contributed by atoms with van der Waals surface area (Å²) in [7, 11) is -2.80. The minimum absolute atomic E-state index is 0. The van der Waals surface area contributed by atoms with Crippen LogP contribution >= 0.6 is 30.2 Å². The number of halogens is 2. The van der Waals surface area contributed by atoms with E-state index in [9.17, 15) is 4.79 Å². The highest BCUT2D eigenvalue weighted by atomic mass is 35.5. The fourth-order valence-electron chi connectivity index (χ4n) is 5.84. The zero-order valence-electron chi connectivity index (χ0n) is 25.5. The Hall–Kier alpha value is -4.06. The number of amides is 1. The minimum atomic E-state index is -2.80. The van der Waals surface area contributed by atoms with E-state index < -0.39 is 7.26 Å². The van der Waals surface area contributed by atoms with Crippen LogP contribution in [0, 0.1) is 0 Å². The lowest BCUT2D eigenvalue weighted by atomic mass is 10.1. The summed E-state index contributed by atoms with van der Waals surface area (Å²) in [4.78, 5) is 32.5. The molecule has 47 heavy (non-hydrogen) atoms. The average Bonchev–Trinajstić information content (AvgIpc) is 3.51. The maximum absolute atomic E-state index is 15.2. The van der Waals surface area contributed by atoms with Crippen LogP contribution in [0.2, 0.25) is 0 Å². The summed E-state index contributed by atoms with van der Waals surface area (Å²) >= 11 is 7.53. The summed E-state index contributed by atoms with van der Waals surface area (Å²) < 4.78 is 7.05. The SMILES string of the molecule is C=C1C=CC=CC1[P+](C(=O)c1ccc(OCC(=O)Nc2nc3ccccc3s2)c(CCCCl)c1)(c1ccccc1)c1ccccc1.[Cl-]. The second-order valence-corrected chi connectivity index (χ2v) is 15.8.